The molecule has 1 heterocycles. The smallest absolute Gasteiger partial charge is 0.124 e. The van der Waals surface area contributed by atoms with Gasteiger partial charge in [-0.25, -0.2) is 0 Å². The van der Waals surface area contributed by atoms with Gasteiger partial charge in [0.05, 0.1) is 19.4 Å². The maximum absolute atomic E-state index is 5.78. The van der Waals surface area contributed by atoms with Crippen molar-refractivity contribution in [2.24, 2.45) is 7.05 Å². The normalized spacial score (nSPS) is 10.6. The SMILES string of the molecule is COCc1cc(-c2cc(N)n(C)n2)ccc1OC. The van der Waals surface area contributed by atoms with Crippen molar-refractivity contribution in [1.29, 1.82) is 0 Å². The summed E-state index contributed by atoms with van der Waals surface area (Å²) in [7, 11) is 5.12. The van der Waals surface area contributed by atoms with E-state index >= 15 is 0 Å². The molecule has 0 atom stereocenters. The van der Waals surface area contributed by atoms with Crippen LogP contribution in [0, 0.1) is 0 Å². The van der Waals surface area contributed by atoms with Crippen molar-refractivity contribution in [2.75, 3.05) is 20.0 Å². The van der Waals surface area contributed by atoms with Gasteiger partial charge in [0.2, 0.25) is 0 Å². The number of nitrogens with zero attached hydrogens (tertiary/aromatic N) is 2. The lowest BCUT2D eigenvalue weighted by molar-refractivity contribution is 0.181. The monoisotopic (exact) mass is 247 g/mol. The lowest BCUT2D eigenvalue weighted by Crippen LogP contribution is -1.97. The zero-order valence-electron chi connectivity index (χ0n) is 10.8. The van der Waals surface area contributed by atoms with Crippen LogP contribution in [-0.2, 0) is 18.4 Å². The molecule has 0 fully saturated rings. The highest BCUT2D eigenvalue weighted by atomic mass is 16.5. The molecular weight excluding hydrogens is 230 g/mol. The largest absolute Gasteiger partial charge is 0.496 e. The van der Waals surface area contributed by atoms with Gasteiger partial charge in [0.25, 0.3) is 0 Å². The minimum absolute atomic E-state index is 0.499. The minimum atomic E-state index is 0.499. The molecule has 0 aliphatic heterocycles. The fraction of sp³-hybridized carbons (Fsp3) is 0.308. The number of aryl methyl sites for hydroxylation is 1. The molecule has 2 aromatic rings. The van der Waals surface area contributed by atoms with E-state index < -0.39 is 0 Å². The predicted octanol–water partition coefficient (Wildman–Crippen LogP) is 1.82. The van der Waals surface area contributed by atoms with Crippen LogP contribution in [-0.4, -0.2) is 24.0 Å². The molecule has 2 rings (SSSR count). The second kappa shape index (κ2) is 5.10. The van der Waals surface area contributed by atoms with Gasteiger partial charge in [-0.1, -0.05) is 0 Å². The van der Waals surface area contributed by atoms with Crippen LogP contribution in [0.5, 0.6) is 5.75 Å². The van der Waals surface area contributed by atoms with Crippen LogP contribution in [0.3, 0.4) is 0 Å². The van der Waals surface area contributed by atoms with Gasteiger partial charge >= 0.3 is 0 Å². The van der Waals surface area contributed by atoms with E-state index in [-0.39, 0.29) is 0 Å². The summed E-state index contributed by atoms with van der Waals surface area (Å²) < 4.78 is 12.1. The Labute approximate surface area is 106 Å². The number of benzene rings is 1. The summed E-state index contributed by atoms with van der Waals surface area (Å²) >= 11 is 0. The van der Waals surface area contributed by atoms with Gasteiger partial charge in [-0.3, -0.25) is 4.68 Å². The number of aromatic nitrogens is 2. The van der Waals surface area contributed by atoms with E-state index in [1.807, 2.05) is 31.3 Å². The lowest BCUT2D eigenvalue weighted by Gasteiger charge is -2.09. The first-order chi connectivity index (χ1) is 8.65. The summed E-state index contributed by atoms with van der Waals surface area (Å²) in [4.78, 5) is 0. The Bertz CT molecular complexity index is 530. The fourth-order valence-electron chi connectivity index (χ4n) is 1.83. The Morgan fingerprint density at radius 3 is 2.61 bits per heavy atom. The van der Waals surface area contributed by atoms with E-state index in [2.05, 4.69) is 5.10 Å². The number of nitrogens with two attached hydrogens (primary N) is 1. The number of anilines is 1. The van der Waals surface area contributed by atoms with E-state index in [4.69, 9.17) is 15.2 Å². The molecule has 0 aliphatic rings. The zero-order valence-corrected chi connectivity index (χ0v) is 10.8. The maximum Gasteiger partial charge on any atom is 0.124 e. The van der Waals surface area contributed by atoms with Crippen molar-refractivity contribution in [1.82, 2.24) is 9.78 Å². The molecule has 5 heteroatoms. The average molecular weight is 247 g/mol. The van der Waals surface area contributed by atoms with Crippen LogP contribution in [0.2, 0.25) is 0 Å². The van der Waals surface area contributed by atoms with Gasteiger partial charge in [0.15, 0.2) is 0 Å². The molecule has 1 aromatic heterocycles. The van der Waals surface area contributed by atoms with E-state index in [1.54, 1.807) is 18.9 Å². The van der Waals surface area contributed by atoms with Gasteiger partial charge in [-0.15, -0.1) is 0 Å². The second-order valence-electron chi connectivity index (χ2n) is 4.04. The fourth-order valence-corrected chi connectivity index (χ4v) is 1.83. The van der Waals surface area contributed by atoms with Crippen molar-refractivity contribution in [3.8, 4) is 17.0 Å². The number of ether oxygens (including phenoxy) is 2. The molecule has 0 saturated carbocycles. The topological polar surface area (TPSA) is 62.3 Å². The zero-order chi connectivity index (χ0) is 13.1. The van der Waals surface area contributed by atoms with Gasteiger partial charge in [0.1, 0.15) is 11.6 Å². The molecule has 0 saturated heterocycles. The van der Waals surface area contributed by atoms with Gasteiger partial charge < -0.3 is 15.2 Å². The Balaban J connectivity index is 2.42. The van der Waals surface area contributed by atoms with Crippen LogP contribution < -0.4 is 10.5 Å². The number of rotatable bonds is 4. The molecule has 0 amide bonds. The molecule has 1 aromatic carbocycles. The number of methoxy groups -OCH3 is 2. The first kappa shape index (κ1) is 12.4. The third-order valence-electron chi connectivity index (χ3n) is 2.79. The quantitative estimate of drug-likeness (QED) is 0.895. The molecule has 0 spiro atoms. The molecule has 0 aliphatic carbocycles. The third kappa shape index (κ3) is 2.31. The molecule has 96 valence electrons. The van der Waals surface area contributed by atoms with E-state index in [0.717, 1.165) is 22.6 Å². The van der Waals surface area contributed by atoms with Crippen LogP contribution in [0.1, 0.15) is 5.56 Å². The first-order valence-electron chi connectivity index (χ1n) is 5.61. The molecular formula is C13H17N3O2. The Kier molecular flexibility index (Phi) is 3.53. The minimum Gasteiger partial charge on any atom is -0.496 e. The summed E-state index contributed by atoms with van der Waals surface area (Å²) in [6.07, 6.45) is 0. The second-order valence-corrected chi connectivity index (χ2v) is 4.04. The molecule has 0 radical (unpaired) electrons. The van der Waals surface area contributed by atoms with Crippen molar-refractivity contribution in [3.63, 3.8) is 0 Å². The molecule has 18 heavy (non-hydrogen) atoms. The highest BCUT2D eigenvalue weighted by molar-refractivity contribution is 5.64. The van der Waals surface area contributed by atoms with Crippen molar-refractivity contribution < 1.29 is 9.47 Å². The molecule has 2 N–H and O–H groups in total. The highest BCUT2D eigenvalue weighted by Crippen LogP contribution is 2.27. The van der Waals surface area contributed by atoms with Crippen LogP contribution in [0.15, 0.2) is 24.3 Å². The molecule has 0 bridgehead atoms. The van der Waals surface area contributed by atoms with Gasteiger partial charge in [-0.2, -0.15) is 5.10 Å². The Morgan fingerprint density at radius 2 is 2.06 bits per heavy atom. The maximum atomic E-state index is 5.78. The highest BCUT2D eigenvalue weighted by Gasteiger charge is 2.09. The van der Waals surface area contributed by atoms with Crippen molar-refractivity contribution >= 4 is 5.82 Å². The van der Waals surface area contributed by atoms with E-state index in [1.165, 1.54) is 0 Å². The Hall–Kier alpha value is -2.01. The van der Waals surface area contributed by atoms with E-state index in [0.29, 0.717) is 12.4 Å². The first-order valence-corrected chi connectivity index (χ1v) is 5.61. The van der Waals surface area contributed by atoms with Crippen molar-refractivity contribution in [3.05, 3.63) is 29.8 Å². The Morgan fingerprint density at radius 1 is 1.28 bits per heavy atom. The summed E-state index contributed by atoms with van der Waals surface area (Å²) in [6, 6.07) is 7.72. The van der Waals surface area contributed by atoms with Gasteiger partial charge in [-0.05, 0) is 18.2 Å². The lowest BCUT2D eigenvalue weighted by atomic mass is 10.1. The summed E-state index contributed by atoms with van der Waals surface area (Å²) in [5, 5.41) is 4.35. The molecule has 5 nitrogen and oxygen atoms in total. The van der Waals surface area contributed by atoms with Crippen LogP contribution in [0.4, 0.5) is 5.82 Å². The van der Waals surface area contributed by atoms with Gasteiger partial charge in [0, 0.05) is 31.4 Å². The summed E-state index contributed by atoms with van der Waals surface area (Å²) in [5.41, 5.74) is 8.61. The predicted molar refractivity (Wildman–Crippen MR) is 70.3 cm³/mol. The number of nitrogen functional groups attached to an aromatic ring is 1. The van der Waals surface area contributed by atoms with Crippen LogP contribution >= 0.6 is 0 Å². The third-order valence-corrected chi connectivity index (χ3v) is 2.79. The van der Waals surface area contributed by atoms with Crippen molar-refractivity contribution in [2.45, 2.75) is 6.61 Å². The number of hydrogen-bond acceptors (Lipinski definition) is 4. The molecule has 0 unspecified atom stereocenters. The van der Waals surface area contributed by atoms with E-state index in [9.17, 15) is 0 Å². The average Bonchev–Trinajstić information content (AvgIpc) is 2.70. The number of hydrogen-bond donors (Lipinski definition) is 1. The standard InChI is InChI=1S/C13H17N3O2/c1-16-13(14)7-11(15-16)9-4-5-12(18-3)10(6-9)8-17-2/h4-7H,8,14H2,1-3H3. The summed E-state index contributed by atoms with van der Waals surface area (Å²) in [5.74, 6) is 1.44. The summed E-state index contributed by atoms with van der Waals surface area (Å²) in [6.45, 7) is 0.499. The van der Waals surface area contributed by atoms with Crippen LogP contribution in [0.25, 0.3) is 11.3 Å².